The van der Waals surface area contributed by atoms with Crippen LogP contribution in [0.3, 0.4) is 0 Å². The van der Waals surface area contributed by atoms with Gasteiger partial charge in [-0.15, -0.1) is 0 Å². The Morgan fingerprint density at radius 3 is 2.09 bits per heavy atom. The van der Waals surface area contributed by atoms with Crippen molar-refractivity contribution >= 4 is 0 Å². The number of halogens is 1. The van der Waals surface area contributed by atoms with E-state index in [-0.39, 0.29) is 12.4 Å². The van der Waals surface area contributed by atoms with Crippen LogP contribution in [-0.2, 0) is 6.42 Å². The number of rotatable bonds is 2. The van der Waals surface area contributed by atoms with Gasteiger partial charge in [-0.2, -0.15) is 0 Å². The number of hydrogen-bond acceptors (Lipinski definition) is 0. The molecule has 1 aromatic carbocycles. The van der Waals surface area contributed by atoms with Gasteiger partial charge in [-0.3, -0.25) is 0 Å². The van der Waals surface area contributed by atoms with Crippen molar-refractivity contribution < 1.29 is 12.4 Å². The van der Waals surface area contributed by atoms with Crippen molar-refractivity contribution in [3.8, 4) is 0 Å². The Labute approximate surface area is 75.0 Å². The van der Waals surface area contributed by atoms with Crippen molar-refractivity contribution in [1.82, 2.24) is 0 Å². The lowest BCUT2D eigenvalue weighted by molar-refractivity contribution is -0.00000232. The van der Waals surface area contributed by atoms with Crippen LogP contribution in [0.2, 0.25) is 0 Å². The van der Waals surface area contributed by atoms with Gasteiger partial charge in [-0.1, -0.05) is 44.2 Å². The summed E-state index contributed by atoms with van der Waals surface area (Å²) >= 11 is 0. The maximum absolute atomic E-state index is 2.24. The highest BCUT2D eigenvalue weighted by Crippen LogP contribution is 2.05. The van der Waals surface area contributed by atoms with E-state index in [9.17, 15) is 0 Å². The Kier molecular flexibility index (Phi) is 4.97. The number of hydrogen-bond donors (Lipinski definition) is 0. The van der Waals surface area contributed by atoms with Gasteiger partial charge in [-0.05, 0) is 17.9 Å². The standard InChI is InChI=1S/C10H14.ClH/c1-9(2)8-10-6-4-3-5-7-10;/h3-7,9H,8H2,1-2H3;1H/p-1. The molecule has 0 spiro atoms. The van der Waals surface area contributed by atoms with E-state index in [1.165, 1.54) is 12.0 Å². The van der Waals surface area contributed by atoms with Crippen LogP contribution in [0.1, 0.15) is 19.4 Å². The zero-order chi connectivity index (χ0) is 7.40. The average Bonchev–Trinajstić information content (AvgIpc) is 1.88. The Bertz CT molecular complexity index is 179. The minimum atomic E-state index is 0. The van der Waals surface area contributed by atoms with Gasteiger partial charge < -0.3 is 12.4 Å². The summed E-state index contributed by atoms with van der Waals surface area (Å²) in [7, 11) is 0. The molecule has 1 heteroatoms. The second-order valence-corrected chi connectivity index (χ2v) is 3.08. The first-order chi connectivity index (χ1) is 4.79. The van der Waals surface area contributed by atoms with Crippen LogP contribution in [0.5, 0.6) is 0 Å². The Morgan fingerprint density at radius 1 is 1.09 bits per heavy atom. The van der Waals surface area contributed by atoms with Crippen LogP contribution in [-0.4, -0.2) is 0 Å². The molecule has 0 unspecified atom stereocenters. The average molecular weight is 170 g/mol. The molecule has 0 aromatic heterocycles. The molecule has 62 valence electrons. The fraction of sp³-hybridized carbons (Fsp3) is 0.400. The molecule has 0 bridgehead atoms. The fourth-order valence-corrected chi connectivity index (χ4v) is 1.09. The summed E-state index contributed by atoms with van der Waals surface area (Å²) in [5, 5.41) is 0. The third-order valence-corrected chi connectivity index (χ3v) is 1.49. The monoisotopic (exact) mass is 169 g/mol. The van der Waals surface area contributed by atoms with Gasteiger partial charge in [0.1, 0.15) is 0 Å². The van der Waals surface area contributed by atoms with Gasteiger partial charge in [-0.25, -0.2) is 0 Å². The Hall–Kier alpha value is -0.490. The normalized spacial score (nSPS) is 9.36. The zero-order valence-electron chi connectivity index (χ0n) is 7.05. The highest BCUT2D eigenvalue weighted by molar-refractivity contribution is 5.14. The molecule has 0 amide bonds. The van der Waals surface area contributed by atoms with E-state index in [1.54, 1.807) is 0 Å². The van der Waals surface area contributed by atoms with Gasteiger partial charge in [0.15, 0.2) is 0 Å². The van der Waals surface area contributed by atoms with Gasteiger partial charge >= 0.3 is 0 Å². The Balaban J connectivity index is 0.000001000. The predicted molar refractivity (Wildman–Crippen MR) is 45.0 cm³/mol. The topological polar surface area (TPSA) is 0 Å². The third kappa shape index (κ3) is 4.05. The first-order valence-corrected chi connectivity index (χ1v) is 3.83. The second-order valence-electron chi connectivity index (χ2n) is 3.08. The van der Waals surface area contributed by atoms with E-state index in [0.29, 0.717) is 0 Å². The van der Waals surface area contributed by atoms with Crippen molar-refractivity contribution in [3.63, 3.8) is 0 Å². The summed E-state index contributed by atoms with van der Waals surface area (Å²) in [5.41, 5.74) is 1.44. The fourth-order valence-electron chi connectivity index (χ4n) is 1.09. The SMILES string of the molecule is CC(C)Cc1ccccc1.[Cl-]. The molecule has 0 aliphatic heterocycles. The van der Waals surface area contributed by atoms with Crippen LogP contribution < -0.4 is 12.4 Å². The summed E-state index contributed by atoms with van der Waals surface area (Å²) in [5.74, 6) is 0.766. The molecule has 11 heavy (non-hydrogen) atoms. The lowest BCUT2D eigenvalue weighted by Crippen LogP contribution is -3.00. The molecule has 0 N–H and O–H groups in total. The summed E-state index contributed by atoms with van der Waals surface area (Å²) < 4.78 is 0. The van der Waals surface area contributed by atoms with Crippen molar-refractivity contribution in [3.05, 3.63) is 35.9 Å². The smallest absolute Gasteiger partial charge is 0.0256 e. The van der Waals surface area contributed by atoms with Crippen molar-refractivity contribution in [2.45, 2.75) is 20.3 Å². The zero-order valence-corrected chi connectivity index (χ0v) is 7.81. The summed E-state index contributed by atoms with van der Waals surface area (Å²) in [6.45, 7) is 4.49. The molecular formula is C10H14Cl-. The lowest BCUT2D eigenvalue weighted by atomic mass is 10.0. The van der Waals surface area contributed by atoms with E-state index >= 15 is 0 Å². The molecule has 0 heterocycles. The molecule has 0 fully saturated rings. The quantitative estimate of drug-likeness (QED) is 0.580. The molecule has 0 nitrogen and oxygen atoms in total. The van der Waals surface area contributed by atoms with Crippen LogP contribution in [0.25, 0.3) is 0 Å². The minimum absolute atomic E-state index is 0. The van der Waals surface area contributed by atoms with Crippen LogP contribution >= 0.6 is 0 Å². The molecule has 0 atom stereocenters. The molecule has 1 aromatic rings. The van der Waals surface area contributed by atoms with E-state index in [2.05, 4.69) is 44.2 Å². The predicted octanol–water partition coefficient (Wildman–Crippen LogP) is -0.111. The molecule has 0 radical (unpaired) electrons. The summed E-state index contributed by atoms with van der Waals surface area (Å²) in [6.07, 6.45) is 1.20. The molecule has 0 aliphatic rings. The Morgan fingerprint density at radius 2 is 1.64 bits per heavy atom. The van der Waals surface area contributed by atoms with Gasteiger partial charge in [0.05, 0.1) is 0 Å². The van der Waals surface area contributed by atoms with E-state index in [0.717, 1.165) is 5.92 Å². The summed E-state index contributed by atoms with van der Waals surface area (Å²) in [4.78, 5) is 0. The molecule has 0 saturated carbocycles. The minimum Gasteiger partial charge on any atom is -1.00 e. The largest absolute Gasteiger partial charge is 1.00 e. The third-order valence-electron chi connectivity index (χ3n) is 1.49. The first kappa shape index (κ1) is 10.5. The van der Waals surface area contributed by atoms with Crippen molar-refractivity contribution in [1.29, 1.82) is 0 Å². The van der Waals surface area contributed by atoms with E-state index in [4.69, 9.17) is 0 Å². The lowest BCUT2D eigenvalue weighted by Gasteiger charge is -2.02. The first-order valence-electron chi connectivity index (χ1n) is 3.83. The van der Waals surface area contributed by atoms with Gasteiger partial charge in [0.2, 0.25) is 0 Å². The highest BCUT2D eigenvalue weighted by Gasteiger charge is 1.94. The highest BCUT2D eigenvalue weighted by atomic mass is 35.5. The molecular weight excluding hydrogens is 156 g/mol. The molecule has 1 rings (SSSR count). The van der Waals surface area contributed by atoms with Crippen LogP contribution in [0.15, 0.2) is 30.3 Å². The number of benzene rings is 1. The van der Waals surface area contributed by atoms with Crippen molar-refractivity contribution in [2.24, 2.45) is 5.92 Å². The van der Waals surface area contributed by atoms with Crippen LogP contribution in [0.4, 0.5) is 0 Å². The van der Waals surface area contributed by atoms with Crippen molar-refractivity contribution in [2.75, 3.05) is 0 Å². The summed E-state index contributed by atoms with van der Waals surface area (Å²) in [6, 6.07) is 10.6. The van der Waals surface area contributed by atoms with Gasteiger partial charge in [0.25, 0.3) is 0 Å². The molecule has 0 saturated heterocycles. The molecule has 0 aliphatic carbocycles. The van der Waals surface area contributed by atoms with E-state index < -0.39 is 0 Å². The maximum Gasteiger partial charge on any atom is -0.0256 e. The second kappa shape index (κ2) is 5.20. The van der Waals surface area contributed by atoms with Crippen LogP contribution in [0, 0.1) is 5.92 Å². The van der Waals surface area contributed by atoms with Gasteiger partial charge in [0, 0.05) is 0 Å². The maximum atomic E-state index is 2.24. The van der Waals surface area contributed by atoms with E-state index in [1.807, 2.05) is 0 Å².